The van der Waals surface area contributed by atoms with Crippen molar-refractivity contribution < 1.29 is 19.4 Å². The second kappa shape index (κ2) is 5.98. The highest BCUT2D eigenvalue weighted by molar-refractivity contribution is 5.87. The topological polar surface area (TPSA) is 84.7 Å². The highest BCUT2D eigenvalue weighted by Crippen LogP contribution is 2.25. The molecule has 1 aromatic heterocycles. The zero-order chi connectivity index (χ0) is 16.5. The van der Waals surface area contributed by atoms with Crippen LogP contribution in [-0.2, 0) is 4.74 Å². The lowest BCUT2D eigenvalue weighted by Crippen LogP contribution is -2.44. The lowest BCUT2D eigenvalue weighted by atomic mass is 10.1. The number of aryl methyl sites for hydroxylation is 1. The van der Waals surface area contributed by atoms with Crippen LogP contribution in [0.15, 0.2) is 6.20 Å². The van der Waals surface area contributed by atoms with Gasteiger partial charge in [-0.2, -0.15) is 5.10 Å². The molecule has 0 radical (unpaired) electrons. The number of carbonyl (C=O) groups is 2. The molecule has 1 aromatic rings. The van der Waals surface area contributed by atoms with Crippen LogP contribution in [-0.4, -0.2) is 50.5 Å². The van der Waals surface area contributed by atoms with Crippen LogP contribution < -0.4 is 0 Å². The number of piperidine rings is 1. The number of aromatic carboxylic acids is 1. The van der Waals surface area contributed by atoms with Crippen LogP contribution in [0.4, 0.5) is 4.79 Å². The Bertz CT molecular complexity index is 574. The first-order valence-electron chi connectivity index (χ1n) is 7.44. The first-order valence-corrected chi connectivity index (χ1v) is 7.44. The number of hydrogen-bond donors (Lipinski definition) is 1. The number of likely N-dealkylation sites (tertiary alicyclic amines) is 1. The van der Waals surface area contributed by atoms with E-state index in [0.29, 0.717) is 18.7 Å². The van der Waals surface area contributed by atoms with E-state index in [-0.39, 0.29) is 17.8 Å². The molecule has 0 aromatic carbocycles. The molecular formula is C15H23N3O4. The van der Waals surface area contributed by atoms with Crippen LogP contribution in [0.25, 0.3) is 0 Å². The molecule has 1 saturated heterocycles. The highest BCUT2D eigenvalue weighted by atomic mass is 16.6. The van der Waals surface area contributed by atoms with Gasteiger partial charge < -0.3 is 14.7 Å². The van der Waals surface area contributed by atoms with E-state index in [1.807, 2.05) is 20.8 Å². The Labute approximate surface area is 129 Å². The zero-order valence-electron chi connectivity index (χ0n) is 13.5. The molecule has 1 atom stereocenters. The van der Waals surface area contributed by atoms with E-state index in [9.17, 15) is 14.7 Å². The van der Waals surface area contributed by atoms with E-state index in [4.69, 9.17) is 4.74 Å². The minimum absolute atomic E-state index is 0.138. The van der Waals surface area contributed by atoms with Gasteiger partial charge in [-0.25, -0.2) is 9.59 Å². The fraction of sp³-hybridized carbons (Fsp3) is 0.667. The Hall–Kier alpha value is -2.05. The lowest BCUT2D eigenvalue weighted by molar-refractivity contribution is 0.0166. The molecule has 22 heavy (non-hydrogen) atoms. The summed E-state index contributed by atoms with van der Waals surface area (Å²) in [6, 6.07) is -0.138. The van der Waals surface area contributed by atoms with Gasteiger partial charge in [-0.15, -0.1) is 0 Å². The smallest absolute Gasteiger partial charge is 0.410 e. The molecule has 1 aliphatic rings. The summed E-state index contributed by atoms with van der Waals surface area (Å²) in [6.07, 6.45) is 2.77. The van der Waals surface area contributed by atoms with Gasteiger partial charge in [-0.05, 0) is 40.5 Å². The maximum atomic E-state index is 12.2. The molecule has 1 amide bonds. The van der Waals surface area contributed by atoms with Gasteiger partial charge in [0, 0.05) is 18.7 Å². The largest absolute Gasteiger partial charge is 0.477 e. The molecule has 122 valence electrons. The molecule has 1 aliphatic heterocycles. The molecule has 1 unspecified atom stereocenters. The molecule has 0 spiro atoms. The number of ether oxygens (including phenoxy) is 1. The summed E-state index contributed by atoms with van der Waals surface area (Å²) in [7, 11) is 0. The van der Waals surface area contributed by atoms with Gasteiger partial charge >= 0.3 is 12.1 Å². The molecule has 1 N–H and O–H groups in total. The van der Waals surface area contributed by atoms with E-state index in [1.165, 1.54) is 4.68 Å². The van der Waals surface area contributed by atoms with Crippen LogP contribution in [0, 0.1) is 6.92 Å². The molecule has 1 fully saturated rings. The monoisotopic (exact) mass is 309 g/mol. The standard InChI is InChI=1S/C15H23N3O4/c1-10-8-16-18(12(10)13(19)20)11-6-5-7-17(9-11)14(21)22-15(2,3)4/h8,11H,5-7,9H2,1-4H3,(H,19,20). The van der Waals surface area contributed by atoms with Crippen molar-refractivity contribution in [3.8, 4) is 0 Å². The minimum atomic E-state index is -0.996. The van der Waals surface area contributed by atoms with E-state index >= 15 is 0 Å². The lowest BCUT2D eigenvalue weighted by Gasteiger charge is -2.34. The second-order valence-corrected chi connectivity index (χ2v) is 6.65. The summed E-state index contributed by atoms with van der Waals surface area (Å²) in [5.41, 5.74) is 0.274. The molecular weight excluding hydrogens is 286 g/mol. The fourth-order valence-electron chi connectivity index (χ4n) is 2.64. The van der Waals surface area contributed by atoms with Crippen molar-refractivity contribution >= 4 is 12.1 Å². The SMILES string of the molecule is Cc1cnn(C2CCCN(C(=O)OC(C)(C)C)C2)c1C(=O)O. The fourth-order valence-corrected chi connectivity index (χ4v) is 2.64. The van der Waals surface area contributed by atoms with Crippen LogP contribution >= 0.6 is 0 Å². The maximum Gasteiger partial charge on any atom is 0.410 e. The first-order chi connectivity index (χ1) is 10.2. The summed E-state index contributed by atoms with van der Waals surface area (Å²) in [5, 5.41) is 13.5. The summed E-state index contributed by atoms with van der Waals surface area (Å²) in [6.45, 7) is 8.23. The molecule has 0 aliphatic carbocycles. The number of carboxylic acid groups (broad SMARTS) is 1. The Kier molecular flexibility index (Phi) is 4.44. The van der Waals surface area contributed by atoms with Gasteiger partial charge in [-0.3, -0.25) is 4.68 Å². The van der Waals surface area contributed by atoms with Crippen molar-refractivity contribution in [3.05, 3.63) is 17.5 Å². The van der Waals surface area contributed by atoms with Crippen molar-refractivity contribution in [1.29, 1.82) is 0 Å². The van der Waals surface area contributed by atoms with Crippen LogP contribution in [0.3, 0.4) is 0 Å². The summed E-state index contributed by atoms with van der Waals surface area (Å²) in [4.78, 5) is 25.2. The third-order valence-corrected chi connectivity index (χ3v) is 3.58. The number of amides is 1. The number of hydrogen-bond acceptors (Lipinski definition) is 4. The first kappa shape index (κ1) is 16.3. The number of carbonyl (C=O) groups excluding carboxylic acids is 1. The third kappa shape index (κ3) is 3.58. The van der Waals surface area contributed by atoms with Crippen molar-refractivity contribution in [2.75, 3.05) is 13.1 Å². The van der Waals surface area contributed by atoms with Crippen molar-refractivity contribution in [2.24, 2.45) is 0 Å². The molecule has 0 saturated carbocycles. The highest BCUT2D eigenvalue weighted by Gasteiger charge is 2.31. The Morgan fingerprint density at radius 3 is 2.68 bits per heavy atom. The third-order valence-electron chi connectivity index (χ3n) is 3.58. The Balaban J connectivity index is 2.14. The summed E-state index contributed by atoms with van der Waals surface area (Å²) in [5.74, 6) is -0.996. The van der Waals surface area contributed by atoms with Crippen LogP contribution in [0.1, 0.15) is 55.7 Å². The quantitative estimate of drug-likeness (QED) is 0.907. The normalized spacial score (nSPS) is 19.1. The Morgan fingerprint density at radius 1 is 1.41 bits per heavy atom. The van der Waals surface area contributed by atoms with Gasteiger partial charge in [0.15, 0.2) is 0 Å². The molecule has 0 bridgehead atoms. The second-order valence-electron chi connectivity index (χ2n) is 6.65. The zero-order valence-corrected chi connectivity index (χ0v) is 13.5. The summed E-state index contributed by atoms with van der Waals surface area (Å²) < 4.78 is 6.91. The average molecular weight is 309 g/mol. The maximum absolute atomic E-state index is 12.2. The predicted octanol–water partition coefficient (Wildman–Crippen LogP) is 2.46. The number of rotatable bonds is 2. The molecule has 2 heterocycles. The van der Waals surface area contributed by atoms with Gasteiger partial charge in [0.05, 0.1) is 12.2 Å². The van der Waals surface area contributed by atoms with Gasteiger partial charge in [-0.1, -0.05) is 0 Å². The predicted molar refractivity (Wildman–Crippen MR) is 80.0 cm³/mol. The van der Waals surface area contributed by atoms with Crippen molar-refractivity contribution in [1.82, 2.24) is 14.7 Å². The van der Waals surface area contributed by atoms with Crippen LogP contribution in [0.2, 0.25) is 0 Å². The summed E-state index contributed by atoms with van der Waals surface area (Å²) >= 11 is 0. The minimum Gasteiger partial charge on any atom is -0.477 e. The van der Waals surface area contributed by atoms with Gasteiger partial charge in [0.2, 0.25) is 0 Å². The molecule has 2 rings (SSSR count). The molecule has 7 heteroatoms. The van der Waals surface area contributed by atoms with E-state index in [2.05, 4.69) is 5.10 Å². The average Bonchev–Trinajstić information content (AvgIpc) is 2.79. The Morgan fingerprint density at radius 2 is 2.09 bits per heavy atom. The molecule has 7 nitrogen and oxygen atoms in total. The number of carboxylic acids is 1. The van der Waals surface area contributed by atoms with Crippen molar-refractivity contribution in [3.63, 3.8) is 0 Å². The van der Waals surface area contributed by atoms with Crippen LogP contribution in [0.5, 0.6) is 0 Å². The van der Waals surface area contributed by atoms with Crippen molar-refractivity contribution in [2.45, 2.75) is 52.2 Å². The van der Waals surface area contributed by atoms with Gasteiger partial charge in [0.25, 0.3) is 0 Å². The number of aromatic nitrogens is 2. The van der Waals surface area contributed by atoms with E-state index in [0.717, 1.165) is 12.8 Å². The van der Waals surface area contributed by atoms with E-state index in [1.54, 1.807) is 18.0 Å². The van der Waals surface area contributed by atoms with E-state index < -0.39 is 11.6 Å². The number of nitrogens with zero attached hydrogens (tertiary/aromatic N) is 3. The van der Waals surface area contributed by atoms with Gasteiger partial charge in [0.1, 0.15) is 11.3 Å².